The predicted molar refractivity (Wildman–Crippen MR) is 77.9 cm³/mol. The lowest BCUT2D eigenvalue weighted by atomic mass is 10.2. The fraction of sp³-hybridized carbons (Fsp3) is 0.286. The van der Waals surface area contributed by atoms with Crippen LogP contribution in [0.5, 0.6) is 0 Å². The highest BCUT2D eigenvalue weighted by Gasteiger charge is 2.21. The van der Waals surface area contributed by atoms with Gasteiger partial charge in [0, 0.05) is 6.08 Å². The molecule has 0 saturated carbocycles. The Morgan fingerprint density at radius 1 is 1.27 bits per heavy atom. The summed E-state index contributed by atoms with van der Waals surface area (Å²) in [5, 5.41) is 28.6. The van der Waals surface area contributed by atoms with Crippen LogP contribution in [0.3, 0.4) is 0 Å². The molecule has 0 bridgehead atoms. The first-order valence-corrected chi connectivity index (χ1v) is 6.70. The molecule has 116 valence electrons. The molecule has 2 aromatic rings. The lowest BCUT2D eigenvalue weighted by Crippen LogP contribution is -2.40. The molecule has 1 heterocycles. The van der Waals surface area contributed by atoms with E-state index in [0.29, 0.717) is 18.8 Å². The molecule has 0 fully saturated rings. The van der Waals surface area contributed by atoms with Crippen LogP contribution in [0.1, 0.15) is 11.3 Å². The molecule has 0 aliphatic rings. The van der Waals surface area contributed by atoms with Crippen molar-refractivity contribution in [3.05, 3.63) is 46.8 Å². The van der Waals surface area contributed by atoms with Crippen LogP contribution in [0, 0.1) is 5.21 Å². The Hall–Kier alpha value is -2.58. The molecule has 22 heavy (non-hydrogen) atoms. The van der Waals surface area contributed by atoms with E-state index < -0.39 is 0 Å². The second-order valence-electron chi connectivity index (χ2n) is 4.25. The predicted octanol–water partition coefficient (Wildman–Crippen LogP) is 1.72. The van der Waals surface area contributed by atoms with Gasteiger partial charge in [-0.3, -0.25) is 4.52 Å². The molecule has 1 N–H and O–H groups in total. The molecule has 0 aliphatic carbocycles. The van der Waals surface area contributed by atoms with E-state index >= 15 is 0 Å². The lowest BCUT2D eigenvalue weighted by molar-refractivity contribution is -0.764. The summed E-state index contributed by atoms with van der Waals surface area (Å²) in [6, 6.07) is 9.64. The Bertz CT molecular complexity index is 625. The van der Waals surface area contributed by atoms with Gasteiger partial charge in [0.25, 0.3) is 0 Å². The molecule has 0 saturated heterocycles. The fourth-order valence-electron chi connectivity index (χ4n) is 1.77. The highest BCUT2D eigenvalue weighted by atomic mass is 16.5. The lowest BCUT2D eigenvalue weighted by Gasteiger charge is -1.96. The first-order chi connectivity index (χ1) is 10.8. The van der Waals surface area contributed by atoms with Crippen LogP contribution in [0.25, 0.3) is 12.2 Å². The molecule has 8 nitrogen and oxygen atoms in total. The SMILES string of the molecule is [O-]/N=N\c1on[n+](CCOCCO)c1/C=C/c1ccccc1. The van der Waals surface area contributed by atoms with E-state index in [1.165, 1.54) is 4.68 Å². The summed E-state index contributed by atoms with van der Waals surface area (Å²) in [6.07, 6.45) is 3.59. The Kier molecular flexibility index (Phi) is 6.21. The van der Waals surface area contributed by atoms with Gasteiger partial charge in [-0.05, 0) is 16.3 Å². The summed E-state index contributed by atoms with van der Waals surface area (Å²) in [5.41, 5.74) is 1.49. The van der Waals surface area contributed by atoms with Gasteiger partial charge in [0.2, 0.25) is 11.8 Å². The average molecular weight is 304 g/mol. The zero-order valence-electron chi connectivity index (χ0n) is 11.8. The van der Waals surface area contributed by atoms with Crippen molar-refractivity contribution in [2.24, 2.45) is 10.4 Å². The van der Waals surface area contributed by atoms with Gasteiger partial charge < -0.3 is 15.1 Å². The number of aromatic nitrogens is 2. The molecule has 8 heteroatoms. The Labute approximate surface area is 126 Å². The van der Waals surface area contributed by atoms with Crippen molar-refractivity contribution in [2.75, 3.05) is 19.8 Å². The van der Waals surface area contributed by atoms with Crippen molar-refractivity contribution in [3.8, 4) is 0 Å². The van der Waals surface area contributed by atoms with Crippen LogP contribution in [0.4, 0.5) is 5.88 Å². The first-order valence-electron chi connectivity index (χ1n) is 6.70. The van der Waals surface area contributed by atoms with Gasteiger partial charge in [-0.2, -0.15) is 0 Å². The van der Waals surface area contributed by atoms with E-state index in [1.54, 1.807) is 6.08 Å². The van der Waals surface area contributed by atoms with Gasteiger partial charge in [-0.25, -0.2) is 5.28 Å². The number of rotatable bonds is 8. The summed E-state index contributed by atoms with van der Waals surface area (Å²) in [7, 11) is 0. The van der Waals surface area contributed by atoms with Crippen LogP contribution >= 0.6 is 0 Å². The van der Waals surface area contributed by atoms with Crippen LogP contribution < -0.4 is 4.68 Å². The van der Waals surface area contributed by atoms with E-state index in [1.807, 2.05) is 36.4 Å². The van der Waals surface area contributed by atoms with Crippen molar-refractivity contribution in [3.63, 3.8) is 0 Å². The van der Waals surface area contributed by atoms with Gasteiger partial charge in [0.15, 0.2) is 0 Å². The molecule has 2 rings (SSSR count). The summed E-state index contributed by atoms with van der Waals surface area (Å²) in [4.78, 5) is 0. The van der Waals surface area contributed by atoms with Crippen molar-refractivity contribution < 1.29 is 19.0 Å². The topological polar surface area (TPSA) is 107 Å². The standard InChI is InChI=1S/C14H16N4O4/c19-9-11-21-10-8-18-13(14(15-16-20)22-17-18)7-6-12-4-2-1-3-5-12/h1-7,19H,8-11H2/b7-6+. The van der Waals surface area contributed by atoms with Gasteiger partial charge in [0.05, 0.1) is 13.2 Å². The number of hydrogen-bond acceptors (Lipinski definition) is 7. The summed E-state index contributed by atoms with van der Waals surface area (Å²) in [6.45, 7) is 0.949. The quantitative estimate of drug-likeness (QED) is 0.346. The van der Waals surface area contributed by atoms with Crippen LogP contribution in [0.2, 0.25) is 0 Å². The number of ether oxygens (including phenoxy) is 1. The molecule has 0 radical (unpaired) electrons. The summed E-state index contributed by atoms with van der Waals surface area (Å²) in [5.74, 6) is 0.0318. The Balaban J connectivity index is 2.15. The molecule has 0 aliphatic heterocycles. The maximum atomic E-state index is 10.3. The number of hydrogen-bond donors (Lipinski definition) is 1. The second-order valence-corrected chi connectivity index (χ2v) is 4.25. The monoisotopic (exact) mass is 304 g/mol. The minimum absolute atomic E-state index is 0.0318. The van der Waals surface area contributed by atoms with Crippen molar-refractivity contribution in [1.29, 1.82) is 0 Å². The van der Waals surface area contributed by atoms with Crippen molar-refractivity contribution >= 4 is 18.0 Å². The first kappa shape index (κ1) is 15.8. The van der Waals surface area contributed by atoms with Crippen molar-refractivity contribution in [2.45, 2.75) is 6.54 Å². The van der Waals surface area contributed by atoms with Crippen molar-refractivity contribution in [1.82, 2.24) is 5.27 Å². The summed E-state index contributed by atoms with van der Waals surface area (Å²) < 4.78 is 11.7. The molecule has 0 atom stereocenters. The Morgan fingerprint density at radius 2 is 2.09 bits per heavy atom. The van der Waals surface area contributed by atoms with Crippen LogP contribution in [0.15, 0.2) is 45.2 Å². The fourth-order valence-corrected chi connectivity index (χ4v) is 1.77. The minimum Gasteiger partial charge on any atom is -0.775 e. The molecular formula is C14H16N4O4. The summed E-state index contributed by atoms with van der Waals surface area (Å²) >= 11 is 0. The molecule has 0 unspecified atom stereocenters. The maximum absolute atomic E-state index is 10.3. The second kappa shape index (κ2) is 8.65. The molecular weight excluding hydrogens is 288 g/mol. The van der Waals surface area contributed by atoms with E-state index in [9.17, 15) is 5.21 Å². The van der Waals surface area contributed by atoms with Gasteiger partial charge in [-0.15, -0.1) is 5.11 Å². The van der Waals surface area contributed by atoms with Gasteiger partial charge in [0.1, 0.15) is 6.61 Å². The third-order valence-electron chi connectivity index (χ3n) is 2.77. The number of aliphatic hydroxyl groups excluding tert-OH is 1. The number of nitrogens with zero attached hydrogens (tertiary/aromatic N) is 4. The Morgan fingerprint density at radius 3 is 2.82 bits per heavy atom. The van der Waals surface area contributed by atoms with Crippen LogP contribution in [-0.2, 0) is 11.3 Å². The van der Waals surface area contributed by atoms with Gasteiger partial charge in [-0.1, -0.05) is 30.3 Å². The zero-order valence-corrected chi connectivity index (χ0v) is 11.8. The maximum Gasteiger partial charge on any atom is 0.346 e. The highest BCUT2D eigenvalue weighted by molar-refractivity contribution is 5.69. The molecule has 0 spiro atoms. The zero-order chi connectivity index (χ0) is 15.6. The molecule has 0 amide bonds. The van der Waals surface area contributed by atoms with Crippen LogP contribution in [-0.4, -0.2) is 30.2 Å². The molecule has 1 aromatic carbocycles. The largest absolute Gasteiger partial charge is 0.775 e. The van der Waals surface area contributed by atoms with Gasteiger partial charge >= 0.3 is 11.6 Å². The third-order valence-corrected chi connectivity index (χ3v) is 2.77. The van der Waals surface area contributed by atoms with E-state index in [0.717, 1.165) is 5.56 Å². The highest BCUT2D eigenvalue weighted by Crippen LogP contribution is 2.17. The number of aliphatic hydroxyl groups is 1. The van der Waals surface area contributed by atoms with E-state index in [2.05, 4.69) is 15.7 Å². The third kappa shape index (κ3) is 4.47. The van der Waals surface area contributed by atoms with E-state index in [-0.39, 0.29) is 19.1 Å². The average Bonchev–Trinajstić information content (AvgIpc) is 2.93. The smallest absolute Gasteiger partial charge is 0.346 e. The normalized spacial score (nSPS) is 11.7. The number of benzene rings is 1. The molecule has 1 aromatic heterocycles. The minimum atomic E-state index is -0.0418. The van der Waals surface area contributed by atoms with E-state index in [4.69, 9.17) is 14.4 Å².